The first-order valence-electron chi connectivity index (χ1n) is 9.64. The van der Waals surface area contributed by atoms with Gasteiger partial charge < -0.3 is 4.74 Å². The molecule has 0 bridgehead atoms. The van der Waals surface area contributed by atoms with Crippen molar-refractivity contribution in [2.75, 3.05) is 11.5 Å². The van der Waals surface area contributed by atoms with Gasteiger partial charge in [0.25, 0.3) is 0 Å². The standard InChI is InChI=1S/C22H27O2S/c1-16(23)17-9-10-19-20(15-17)22(25-13-5-6-14-25)12-11-21(19)24-18-7-3-2-4-8-18/h9-12,15,18H,2-8,13-14H2,1H3/q+1. The number of rotatable bonds is 4. The van der Waals surface area contributed by atoms with Crippen LogP contribution in [0.3, 0.4) is 0 Å². The van der Waals surface area contributed by atoms with Crippen molar-refractivity contribution in [3.05, 3.63) is 35.9 Å². The van der Waals surface area contributed by atoms with Crippen LogP contribution in [0.1, 0.15) is 62.2 Å². The van der Waals surface area contributed by atoms with Crippen molar-refractivity contribution in [2.45, 2.75) is 62.9 Å². The summed E-state index contributed by atoms with van der Waals surface area (Å²) in [6, 6.07) is 10.6. The molecule has 3 heteroatoms. The van der Waals surface area contributed by atoms with E-state index in [4.69, 9.17) is 4.74 Å². The van der Waals surface area contributed by atoms with E-state index < -0.39 is 0 Å². The SMILES string of the molecule is CC(=O)c1ccc2c(OC3CCCCC3)ccc([S+]3CCCC3)c2c1. The molecule has 4 rings (SSSR count). The lowest BCUT2D eigenvalue weighted by molar-refractivity contribution is 0.101. The van der Waals surface area contributed by atoms with Crippen LogP contribution in [0, 0.1) is 0 Å². The molecule has 1 aliphatic heterocycles. The smallest absolute Gasteiger partial charge is 0.163 e. The fraction of sp³-hybridized carbons (Fsp3) is 0.500. The Labute approximate surface area is 153 Å². The van der Waals surface area contributed by atoms with Gasteiger partial charge >= 0.3 is 0 Å². The Hall–Kier alpha value is -1.48. The average molecular weight is 356 g/mol. The molecular weight excluding hydrogens is 328 g/mol. The van der Waals surface area contributed by atoms with Crippen LogP contribution >= 0.6 is 0 Å². The third-order valence-electron chi connectivity index (χ3n) is 5.53. The van der Waals surface area contributed by atoms with Gasteiger partial charge in [0, 0.05) is 27.2 Å². The van der Waals surface area contributed by atoms with Gasteiger partial charge in [-0.25, -0.2) is 0 Å². The Kier molecular flexibility index (Phi) is 5.03. The molecule has 132 valence electrons. The fourth-order valence-electron chi connectivity index (χ4n) is 4.10. The van der Waals surface area contributed by atoms with Crippen molar-refractivity contribution in [1.29, 1.82) is 0 Å². The highest BCUT2D eigenvalue weighted by Crippen LogP contribution is 2.37. The number of ketones is 1. The van der Waals surface area contributed by atoms with Crippen molar-refractivity contribution in [2.24, 2.45) is 0 Å². The summed E-state index contributed by atoms with van der Waals surface area (Å²) in [6.45, 7) is 1.65. The Morgan fingerprint density at radius 1 is 0.960 bits per heavy atom. The summed E-state index contributed by atoms with van der Waals surface area (Å²) < 4.78 is 6.40. The lowest BCUT2D eigenvalue weighted by Gasteiger charge is -2.24. The van der Waals surface area contributed by atoms with Crippen molar-refractivity contribution in [3.63, 3.8) is 0 Å². The van der Waals surface area contributed by atoms with Crippen molar-refractivity contribution in [3.8, 4) is 5.75 Å². The predicted molar refractivity (Wildman–Crippen MR) is 106 cm³/mol. The summed E-state index contributed by atoms with van der Waals surface area (Å²) >= 11 is 0. The molecule has 2 aromatic rings. The van der Waals surface area contributed by atoms with Crippen LogP contribution in [0.4, 0.5) is 0 Å². The third kappa shape index (κ3) is 3.57. The van der Waals surface area contributed by atoms with Crippen LogP contribution in [0.25, 0.3) is 10.8 Å². The fourth-order valence-corrected chi connectivity index (χ4v) is 6.59. The van der Waals surface area contributed by atoms with Gasteiger partial charge in [0.1, 0.15) is 17.3 Å². The highest BCUT2D eigenvalue weighted by Gasteiger charge is 2.30. The number of carbonyl (C=O) groups is 1. The van der Waals surface area contributed by atoms with Crippen LogP contribution in [0.5, 0.6) is 5.75 Å². The summed E-state index contributed by atoms with van der Waals surface area (Å²) in [6.07, 6.45) is 9.23. The van der Waals surface area contributed by atoms with Gasteiger partial charge in [0.05, 0.1) is 6.10 Å². The minimum atomic E-state index is 0.140. The maximum Gasteiger partial charge on any atom is 0.163 e. The van der Waals surface area contributed by atoms with Gasteiger partial charge in [-0.2, -0.15) is 0 Å². The molecule has 0 aromatic heterocycles. The zero-order valence-corrected chi connectivity index (χ0v) is 15.9. The van der Waals surface area contributed by atoms with Crippen LogP contribution in [0.15, 0.2) is 35.2 Å². The van der Waals surface area contributed by atoms with Crippen LogP contribution < -0.4 is 4.74 Å². The van der Waals surface area contributed by atoms with Crippen LogP contribution in [-0.4, -0.2) is 23.4 Å². The summed E-state index contributed by atoms with van der Waals surface area (Å²) in [7, 11) is 0.331. The van der Waals surface area contributed by atoms with E-state index in [2.05, 4.69) is 24.3 Å². The summed E-state index contributed by atoms with van der Waals surface area (Å²) in [5, 5.41) is 2.43. The van der Waals surface area contributed by atoms with Gasteiger partial charge in [-0.1, -0.05) is 12.5 Å². The number of fused-ring (bicyclic) bond motifs is 1. The molecule has 0 N–H and O–H groups in total. The molecule has 0 spiro atoms. The first kappa shape index (κ1) is 17.0. The average Bonchev–Trinajstić information content (AvgIpc) is 3.17. The molecule has 2 aromatic carbocycles. The molecule has 0 atom stereocenters. The van der Waals surface area contributed by atoms with Crippen LogP contribution in [-0.2, 0) is 10.9 Å². The zero-order chi connectivity index (χ0) is 17.2. The molecular formula is C22H27O2S+. The molecule has 0 amide bonds. The van der Waals surface area contributed by atoms with Crippen molar-refractivity contribution >= 4 is 27.5 Å². The first-order chi connectivity index (χ1) is 12.2. The second kappa shape index (κ2) is 7.41. The zero-order valence-electron chi connectivity index (χ0n) is 15.1. The summed E-state index contributed by atoms with van der Waals surface area (Å²) in [5.41, 5.74) is 0.811. The van der Waals surface area contributed by atoms with E-state index in [1.54, 1.807) is 6.92 Å². The quantitative estimate of drug-likeness (QED) is 0.533. The molecule has 25 heavy (non-hydrogen) atoms. The second-order valence-electron chi connectivity index (χ2n) is 7.36. The largest absolute Gasteiger partial charge is 0.490 e. The topological polar surface area (TPSA) is 26.3 Å². The number of hydrogen-bond donors (Lipinski definition) is 0. The van der Waals surface area contributed by atoms with Gasteiger partial charge in [0.15, 0.2) is 10.7 Å². The molecule has 2 nitrogen and oxygen atoms in total. The predicted octanol–water partition coefficient (Wildman–Crippen LogP) is 5.52. The number of ether oxygens (including phenoxy) is 1. The maximum absolute atomic E-state index is 11.9. The van der Waals surface area contributed by atoms with Gasteiger partial charge in [-0.05, 0) is 69.7 Å². The highest BCUT2D eigenvalue weighted by molar-refractivity contribution is 7.97. The van der Waals surface area contributed by atoms with E-state index in [-0.39, 0.29) is 5.78 Å². The monoisotopic (exact) mass is 355 g/mol. The normalized spacial score (nSPS) is 19.4. The van der Waals surface area contributed by atoms with Crippen molar-refractivity contribution < 1.29 is 9.53 Å². The van der Waals surface area contributed by atoms with E-state index in [9.17, 15) is 4.79 Å². The van der Waals surface area contributed by atoms with Gasteiger partial charge in [0.2, 0.25) is 0 Å². The summed E-state index contributed by atoms with van der Waals surface area (Å²) in [4.78, 5) is 13.3. The number of hydrogen-bond acceptors (Lipinski definition) is 2. The molecule has 1 saturated heterocycles. The van der Waals surface area contributed by atoms with Crippen LogP contribution in [0.2, 0.25) is 0 Å². The molecule has 1 heterocycles. The Bertz CT molecular complexity index is 771. The lowest BCUT2D eigenvalue weighted by atomic mass is 9.97. The molecule has 1 aliphatic carbocycles. The maximum atomic E-state index is 11.9. The highest BCUT2D eigenvalue weighted by atomic mass is 32.2. The Morgan fingerprint density at radius 2 is 1.72 bits per heavy atom. The number of benzene rings is 2. The lowest BCUT2D eigenvalue weighted by Crippen LogP contribution is -2.19. The number of carbonyl (C=O) groups excluding carboxylic acids is 1. The van der Waals surface area contributed by atoms with E-state index in [0.29, 0.717) is 17.0 Å². The molecule has 0 radical (unpaired) electrons. The van der Waals surface area contributed by atoms with E-state index in [1.165, 1.54) is 72.1 Å². The minimum Gasteiger partial charge on any atom is -0.490 e. The Balaban J connectivity index is 1.76. The molecule has 0 unspecified atom stereocenters. The van der Waals surface area contributed by atoms with E-state index in [1.807, 2.05) is 6.07 Å². The van der Waals surface area contributed by atoms with Gasteiger partial charge in [-0.3, -0.25) is 4.79 Å². The third-order valence-corrected chi connectivity index (χ3v) is 8.07. The molecule has 2 aliphatic rings. The van der Waals surface area contributed by atoms with E-state index in [0.717, 1.165) is 11.3 Å². The molecule has 2 fully saturated rings. The summed E-state index contributed by atoms with van der Waals surface area (Å²) in [5.74, 6) is 3.73. The first-order valence-corrected chi connectivity index (χ1v) is 11.2. The Morgan fingerprint density at radius 3 is 2.44 bits per heavy atom. The minimum absolute atomic E-state index is 0.140. The number of Topliss-reactive ketones (excluding diaryl/α,β-unsaturated/α-hetero) is 1. The van der Waals surface area contributed by atoms with Crippen molar-refractivity contribution in [1.82, 2.24) is 0 Å². The van der Waals surface area contributed by atoms with E-state index >= 15 is 0 Å². The molecule has 1 saturated carbocycles. The van der Waals surface area contributed by atoms with Gasteiger partial charge in [-0.15, -0.1) is 0 Å². The second-order valence-corrected chi connectivity index (χ2v) is 9.61.